The summed E-state index contributed by atoms with van der Waals surface area (Å²) >= 11 is 0. The maximum atomic E-state index is 3.43. The first-order valence-electron chi connectivity index (χ1n) is 6.09. The van der Waals surface area contributed by atoms with Gasteiger partial charge in [-0.15, -0.1) is 0 Å². The van der Waals surface area contributed by atoms with Crippen molar-refractivity contribution in [3.05, 3.63) is 29.5 Å². The Balaban J connectivity index is 2.10. The molecule has 2 aromatic rings. The van der Waals surface area contributed by atoms with E-state index in [1.54, 1.807) is 0 Å². The molecule has 0 bridgehead atoms. The van der Waals surface area contributed by atoms with Crippen LogP contribution in [-0.4, -0.2) is 18.1 Å². The summed E-state index contributed by atoms with van der Waals surface area (Å²) in [5.74, 6) is 0. The van der Waals surface area contributed by atoms with Crippen LogP contribution in [-0.2, 0) is 0 Å². The molecule has 1 aromatic heterocycles. The average molecular weight is 214 g/mol. The van der Waals surface area contributed by atoms with Gasteiger partial charge < -0.3 is 9.88 Å². The third kappa shape index (κ3) is 1.41. The molecule has 0 radical (unpaired) electrons. The highest BCUT2D eigenvalue weighted by molar-refractivity contribution is 5.87. The minimum absolute atomic E-state index is 1.22. The number of nitrogens with one attached hydrogen (secondary N) is 1. The smallest absolute Gasteiger partial charge is 0.0460 e. The van der Waals surface area contributed by atoms with Crippen LogP contribution in [0.25, 0.3) is 10.9 Å². The van der Waals surface area contributed by atoms with Crippen molar-refractivity contribution in [2.24, 2.45) is 0 Å². The summed E-state index contributed by atoms with van der Waals surface area (Å²) in [4.78, 5) is 5.91. The second-order valence-electron chi connectivity index (χ2n) is 4.80. The Bertz CT molecular complexity index is 519. The van der Waals surface area contributed by atoms with Crippen molar-refractivity contribution in [3.63, 3.8) is 0 Å². The molecule has 1 saturated heterocycles. The number of rotatable bonds is 1. The molecule has 16 heavy (non-hydrogen) atoms. The van der Waals surface area contributed by atoms with Gasteiger partial charge in [0.1, 0.15) is 0 Å². The van der Waals surface area contributed by atoms with Crippen LogP contribution in [0.3, 0.4) is 0 Å². The third-order valence-electron chi connectivity index (χ3n) is 3.76. The molecule has 0 saturated carbocycles. The number of aromatic amines is 1. The number of anilines is 1. The number of hydrogen-bond acceptors (Lipinski definition) is 1. The molecule has 0 amide bonds. The van der Waals surface area contributed by atoms with E-state index in [0.29, 0.717) is 0 Å². The quantitative estimate of drug-likeness (QED) is 0.771. The summed E-state index contributed by atoms with van der Waals surface area (Å²) in [6.07, 6.45) is 2.67. The van der Waals surface area contributed by atoms with E-state index in [2.05, 4.69) is 41.9 Å². The van der Waals surface area contributed by atoms with E-state index in [4.69, 9.17) is 0 Å². The van der Waals surface area contributed by atoms with Crippen molar-refractivity contribution in [2.45, 2.75) is 26.7 Å². The molecule has 0 atom stereocenters. The van der Waals surface area contributed by atoms with E-state index in [-0.39, 0.29) is 0 Å². The van der Waals surface area contributed by atoms with Gasteiger partial charge in [-0.25, -0.2) is 0 Å². The Kier molecular flexibility index (Phi) is 2.16. The lowest BCUT2D eigenvalue weighted by atomic mass is 10.1. The molecule has 84 valence electrons. The van der Waals surface area contributed by atoms with E-state index in [9.17, 15) is 0 Å². The Labute approximate surface area is 96.3 Å². The number of aromatic nitrogens is 1. The van der Waals surface area contributed by atoms with E-state index in [0.717, 1.165) is 0 Å². The van der Waals surface area contributed by atoms with E-state index in [1.165, 1.54) is 53.8 Å². The standard InChI is InChI=1S/C14H18N2/c1-10-11(2)15-14-6-5-12(9-13(10)14)16-7-3-4-8-16/h5-6,9,15H,3-4,7-8H2,1-2H3. The summed E-state index contributed by atoms with van der Waals surface area (Å²) in [6.45, 7) is 6.77. The van der Waals surface area contributed by atoms with Crippen LogP contribution >= 0.6 is 0 Å². The molecular weight excluding hydrogens is 196 g/mol. The maximum absolute atomic E-state index is 3.43. The number of aryl methyl sites for hydroxylation is 2. The summed E-state index contributed by atoms with van der Waals surface area (Å²) < 4.78 is 0. The van der Waals surface area contributed by atoms with Crippen molar-refractivity contribution in [1.29, 1.82) is 0 Å². The minimum atomic E-state index is 1.22. The van der Waals surface area contributed by atoms with Crippen LogP contribution in [0, 0.1) is 13.8 Å². The lowest BCUT2D eigenvalue weighted by molar-refractivity contribution is 0.949. The Hall–Kier alpha value is -1.44. The second-order valence-corrected chi connectivity index (χ2v) is 4.80. The first-order chi connectivity index (χ1) is 7.75. The zero-order chi connectivity index (χ0) is 11.1. The van der Waals surface area contributed by atoms with Crippen molar-refractivity contribution in [2.75, 3.05) is 18.0 Å². The largest absolute Gasteiger partial charge is 0.372 e. The van der Waals surface area contributed by atoms with E-state index < -0.39 is 0 Å². The molecule has 2 heterocycles. The predicted molar refractivity (Wildman–Crippen MR) is 69.2 cm³/mol. The summed E-state index contributed by atoms with van der Waals surface area (Å²) in [6, 6.07) is 6.78. The summed E-state index contributed by atoms with van der Waals surface area (Å²) in [7, 11) is 0. The van der Waals surface area contributed by atoms with Crippen LogP contribution < -0.4 is 4.90 Å². The number of nitrogens with zero attached hydrogens (tertiary/aromatic N) is 1. The normalized spacial score (nSPS) is 16.2. The van der Waals surface area contributed by atoms with Crippen LogP contribution in [0.1, 0.15) is 24.1 Å². The van der Waals surface area contributed by atoms with Gasteiger partial charge in [0.05, 0.1) is 0 Å². The molecule has 2 nitrogen and oxygen atoms in total. The third-order valence-corrected chi connectivity index (χ3v) is 3.76. The Morgan fingerprint density at radius 1 is 1.12 bits per heavy atom. The zero-order valence-corrected chi connectivity index (χ0v) is 10.0. The van der Waals surface area contributed by atoms with Crippen molar-refractivity contribution in [3.8, 4) is 0 Å². The highest BCUT2D eigenvalue weighted by Gasteiger charge is 2.13. The topological polar surface area (TPSA) is 19.0 Å². The van der Waals surface area contributed by atoms with Gasteiger partial charge in [0, 0.05) is 35.4 Å². The van der Waals surface area contributed by atoms with Gasteiger partial charge in [0.15, 0.2) is 0 Å². The lowest BCUT2D eigenvalue weighted by Crippen LogP contribution is -2.17. The Morgan fingerprint density at radius 3 is 2.62 bits per heavy atom. The van der Waals surface area contributed by atoms with Gasteiger partial charge in [-0.3, -0.25) is 0 Å². The average Bonchev–Trinajstić information content (AvgIpc) is 2.89. The first kappa shape index (κ1) is 9.76. The van der Waals surface area contributed by atoms with Crippen molar-refractivity contribution < 1.29 is 0 Å². The molecule has 1 fully saturated rings. The van der Waals surface area contributed by atoms with Gasteiger partial charge in [-0.05, 0) is 50.5 Å². The van der Waals surface area contributed by atoms with Gasteiger partial charge in [0.25, 0.3) is 0 Å². The number of benzene rings is 1. The maximum Gasteiger partial charge on any atom is 0.0460 e. The predicted octanol–water partition coefficient (Wildman–Crippen LogP) is 3.38. The van der Waals surface area contributed by atoms with Gasteiger partial charge >= 0.3 is 0 Å². The Morgan fingerprint density at radius 2 is 1.88 bits per heavy atom. The minimum Gasteiger partial charge on any atom is -0.372 e. The molecule has 1 N–H and O–H groups in total. The first-order valence-corrected chi connectivity index (χ1v) is 6.09. The molecular formula is C14H18N2. The summed E-state index contributed by atoms with van der Waals surface area (Å²) in [5, 5.41) is 1.38. The van der Waals surface area contributed by atoms with Gasteiger partial charge in [-0.2, -0.15) is 0 Å². The molecule has 0 unspecified atom stereocenters. The number of H-pyrrole nitrogens is 1. The van der Waals surface area contributed by atoms with E-state index in [1.807, 2.05) is 0 Å². The molecule has 2 heteroatoms. The van der Waals surface area contributed by atoms with Crippen LogP contribution in [0.5, 0.6) is 0 Å². The highest BCUT2D eigenvalue weighted by Crippen LogP contribution is 2.28. The van der Waals surface area contributed by atoms with Crippen molar-refractivity contribution in [1.82, 2.24) is 4.98 Å². The molecule has 0 aliphatic carbocycles. The SMILES string of the molecule is Cc1[nH]c2ccc(N3CCCC3)cc2c1C. The van der Waals surface area contributed by atoms with Gasteiger partial charge in [0.2, 0.25) is 0 Å². The van der Waals surface area contributed by atoms with Crippen molar-refractivity contribution >= 4 is 16.6 Å². The molecule has 3 rings (SSSR count). The number of hydrogen-bond donors (Lipinski definition) is 1. The second kappa shape index (κ2) is 3.55. The molecule has 0 spiro atoms. The van der Waals surface area contributed by atoms with E-state index >= 15 is 0 Å². The van der Waals surface area contributed by atoms with Crippen LogP contribution in [0.15, 0.2) is 18.2 Å². The van der Waals surface area contributed by atoms with Crippen LogP contribution in [0.2, 0.25) is 0 Å². The fourth-order valence-corrected chi connectivity index (χ4v) is 2.62. The van der Waals surface area contributed by atoms with Gasteiger partial charge in [-0.1, -0.05) is 0 Å². The fourth-order valence-electron chi connectivity index (χ4n) is 2.62. The monoisotopic (exact) mass is 214 g/mol. The molecule has 1 aromatic carbocycles. The molecule has 1 aliphatic rings. The molecule has 1 aliphatic heterocycles. The number of fused-ring (bicyclic) bond motifs is 1. The fraction of sp³-hybridized carbons (Fsp3) is 0.429. The lowest BCUT2D eigenvalue weighted by Gasteiger charge is -2.17. The zero-order valence-electron chi connectivity index (χ0n) is 10.0. The summed E-state index contributed by atoms with van der Waals surface area (Å²) in [5.41, 5.74) is 5.31. The highest BCUT2D eigenvalue weighted by atomic mass is 15.1. The van der Waals surface area contributed by atoms with Crippen LogP contribution in [0.4, 0.5) is 5.69 Å².